The lowest BCUT2D eigenvalue weighted by Crippen LogP contribution is -2.35. The molecule has 2 rings (SSSR count). The first kappa shape index (κ1) is 19.6. The van der Waals surface area contributed by atoms with Crippen LogP contribution in [-0.2, 0) is 4.74 Å². The summed E-state index contributed by atoms with van der Waals surface area (Å²) in [6.07, 6.45) is 0.454. The Morgan fingerprint density at radius 1 is 1.23 bits per heavy atom. The van der Waals surface area contributed by atoms with Crippen LogP contribution in [0, 0.1) is 0 Å². The molecule has 0 saturated carbocycles. The van der Waals surface area contributed by atoms with Crippen molar-refractivity contribution in [3.8, 4) is 11.3 Å². The minimum Gasteiger partial charge on any atom is -0.462 e. The van der Waals surface area contributed by atoms with Gasteiger partial charge in [0.2, 0.25) is 0 Å². The highest BCUT2D eigenvalue weighted by atomic mass is 16.5. The molecule has 0 radical (unpaired) electrons. The van der Waals surface area contributed by atoms with Gasteiger partial charge in [-0.2, -0.15) is 0 Å². The number of ether oxygens (including phenoxy) is 1. The summed E-state index contributed by atoms with van der Waals surface area (Å²) >= 11 is 0. The van der Waals surface area contributed by atoms with Gasteiger partial charge in [0.15, 0.2) is 0 Å². The molecule has 1 aromatic heterocycles. The van der Waals surface area contributed by atoms with E-state index < -0.39 is 18.7 Å². The number of esters is 1. The van der Waals surface area contributed by atoms with Crippen LogP contribution in [0.4, 0.5) is 0 Å². The fraction of sp³-hybridized carbons (Fsp3) is 0.316. The summed E-state index contributed by atoms with van der Waals surface area (Å²) in [7, 11) is 1.56. The summed E-state index contributed by atoms with van der Waals surface area (Å²) in [5, 5.41) is 18.4. The van der Waals surface area contributed by atoms with Gasteiger partial charge in [0.1, 0.15) is 0 Å². The Bertz CT molecular complexity index is 761. The zero-order valence-electron chi connectivity index (χ0n) is 14.8. The summed E-state index contributed by atoms with van der Waals surface area (Å²) in [5.74, 6) is -0.706. The number of benzene rings is 1. The van der Waals surface area contributed by atoms with Crippen LogP contribution in [0.5, 0.6) is 0 Å². The Kier molecular flexibility index (Phi) is 6.82. The standard InChI is InChI=1S/C19H22N2O5/c1-3-26-19(25)15-7-8-17(20-10-15)13-5-4-6-14(9-13)18(24)21(2)11-16(23)12-22/h4-10,16,22-23H,3,11-12H2,1-2H3/t16-/m1/s1. The van der Waals surface area contributed by atoms with Crippen LogP contribution in [0.1, 0.15) is 27.6 Å². The van der Waals surface area contributed by atoms with Gasteiger partial charge in [-0.25, -0.2) is 4.79 Å². The van der Waals surface area contributed by atoms with Gasteiger partial charge in [0.05, 0.1) is 30.6 Å². The van der Waals surface area contributed by atoms with E-state index in [0.29, 0.717) is 23.4 Å². The van der Waals surface area contributed by atoms with Gasteiger partial charge >= 0.3 is 5.97 Å². The van der Waals surface area contributed by atoms with Crippen LogP contribution in [0.3, 0.4) is 0 Å². The minimum atomic E-state index is -0.982. The number of rotatable bonds is 7. The fourth-order valence-corrected chi connectivity index (χ4v) is 2.39. The van der Waals surface area contributed by atoms with Crippen molar-refractivity contribution in [2.75, 3.05) is 26.8 Å². The molecule has 0 aliphatic heterocycles. The molecule has 2 aromatic rings. The average Bonchev–Trinajstić information content (AvgIpc) is 2.67. The SMILES string of the molecule is CCOC(=O)c1ccc(-c2cccc(C(=O)N(C)C[C@@H](O)CO)c2)nc1. The molecule has 0 fully saturated rings. The third kappa shape index (κ3) is 4.87. The molecule has 7 heteroatoms. The van der Waals surface area contributed by atoms with Gasteiger partial charge in [-0.15, -0.1) is 0 Å². The first-order valence-corrected chi connectivity index (χ1v) is 8.24. The highest BCUT2D eigenvalue weighted by Gasteiger charge is 2.16. The van der Waals surface area contributed by atoms with E-state index in [1.807, 2.05) is 6.07 Å². The van der Waals surface area contributed by atoms with Crippen LogP contribution >= 0.6 is 0 Å². The second kappa shape index (κ2) is 9.07. The first-order valence-electron chi connectivity index (χ1n) is 8.24. The highest BCUT2D eigenvalue weighted by Crippen LogP contribution is 2.19. The van der Waals surface area contributed by atoms with E-state index in [4.69, 9.17) is 9.84 Å². The van der Waals surface area contributed by atoms with Crippen LogP contribution < -0.4 is 0 Å². The van der Waals surface area contributed by atoms with Crippen molar-refractivity contribution in [3.05, 3.63) is 53.7 Å². The average molecular weight is 358 g/mol. The van der Waals surface area contributed by atoms with E-state index in [-0.39, 0.29) is 12.5 Å². The number of hydrogen-bond donors (Lipinski definition) is 2. The van der Waals surface area contributed by atoms with Crippen LogP contribution in [-0.4, -0.2) is 64.9 Å². The predicted octanol–water partition coefficient (Wildman–Crippen LogP) is 1.35. The molecule has 1 atom stereocenters. The maximum Gasteiger partial charge on any atom is 0.339 e. The number of carbonyl (C=O) groups is 2. The van der Waals surface area contributed by atoms with Crippen LogP contribution in [0.15, 0.2) is 42.6 Å². The van der Waals surface area contributed by atoms with E-state index in [9.17, 15) is 14.7 Å². The van der Waals surface area contributed by atoms with Gasteiger partial charge in [0.25, 0.3) is 5.91 Å². The van der Waals surface area contributed by atoms with Crippen LogP contribution in [0.25, 0.3) is 11.3 Å². The molecule has 1 aromatic carbocycles. The molecular formula is C19H22N2O5. The molecule has 0 saturated heterocycles. The topological polar surface area (TPSA) is 100.0 Å². The lowest BCUT2D eigenvalue weighted by Gasteiger charge is -2.20. The van der Waals surface area contributed by atoms with Gasteiger partial charge in [0, 0.05) is 30.9 Å². The van der Waals surface area contributed by atoms with E-state index in [1.54, 1.807) is 44.3 Å². The number of carbonyl (C=O) groups excluding carboxylic acids is 2. The zero-order chi connectivity index (χ0) is 19.1. The van der Waals surface area contributed by atoms with Crippen LogP contribution in [0.2, 0.25) is 0 Å². The second-order valence-corrected chi connectivity index (χ2v) is 5.76. The molecule has 0 bridgehead atoms. The fourth-order valence-electron chi connectivity index (χ4n) is 2.39. The van der Waals surface area contributed by atoms with Crippen molar-refractivity contribution in [1.82, 2.24) is 9.88 Å². The minimum absolute atomic E-state index is 0.0338. The number of likely N-dealkylation sites (N-methyl/N-ethyl adjacent to an activating group) is 1. The quantitative estimate of drug-likeness (QED) is 0.725. The summed E-state index contributed by atoms with van der Waals surface area (Å²) in [5.41, 5.74) is 2.14. The van der Waals surface area contributed by atoms with Crippen molar-refractivity contribution in [2.24, 2.45) is 0 Å². The molecule has 0 spiro atoms. The molecule has 1 heterocycles. The highest BCUT2D eigenvalue weighted by molar-refractivity contribution is 5.95. The number of pyridine rings is 1. The Morgan fingerprint density at radius 2 is 2.00 bits per heavy atom. The first-order chi connectivity index (χ1) is 12.5. The van der Waals surface area contributed by atoms with Gasteiger partial charge in [-0.1, -0.05) is 12.1 Å². The Hall–Kier alpha value is -2.77. The number of nitrogens with zero attached hydrogens (tertiary/aromatic N) is 2. The smallest absolute Gasteiger partial charge is 0.339 e. The van der Waals surface area contributed by atoms with Gasteiger partial charge in [-0.3, -0.25) is 9.78 Å². The summed E-state index contributed by atoms with van der Waals surface area (Å²) in [4.78, 5) is 29.7. The molecule has 0 aliphatic rings. The normalized spacial score (nSPS) is 11.7. The van der Waals surface area contributed by atoms with Crippen molar-refractivity contribution in [3.63, 3.8) is 0 Å². The third-order valence-corrected chi connectivity index (χ3v) is 3.72. The Labute approximate surface area is 151 Å². The van der Waals surface area contributed by atoms with Gasteiger partial charge < -0.3 is 19.8 Å². The number of aliphatic hydroxyl groups is 2. The van der Waals surface area contributed by atoms with E-state index in [2.05, 4.69) is 4.98 Å². The van der Waals surface area contributed by atoms with Crippen molar-refractivity contribution >= 4 is 11.9 Å². The lowest BCUT2D eigenvalue weighted by molar-refractivity contribution is 0.0518. The predicted molar refractivity (Wildman–Crippen MR) is 95.7 cm³/mol. The molecule has 1 amide bonds. The summed E-state index contributed by atoms with van der Waals surface area (Å²) in [6, 6.07) is 10.2. The molecule has 0 aliphatic carbocycles. The number of hydrogen-bond acceptors (Lipinski definition) is 6. The third-order valence-electron chi connectivity index (χ3n) is 3.72. The Morgan fingerprint density at radius 3 is 2.62 bits per heavy atom. The van der Waals surface area contributed by atoms with Crippen molar-refractivity contribution < 1.29 is 24.5 Å². The molecule has 138 valence electrons. The number of amides is 1. The molecule has 7 nitrogen and oxygen atoms in total. The van der Waals surface area contributed by atoms with Crippen molar-refractivity contribution in [1.29, 1.82) is 0 Å². The molecule has 26 heavy (non-hydrogen) atoms. The second-order valence-electron chi connectivity index (χ2n) is 5.76. The zero-order valence-corrected chi connectivity index (χ0v) is 14.8. The summed E-state index contributed by atoms with van der Waals surface area (Å²) in [6.45, 7) is 1.66. The molecular weight excluding hydrogens is 336 g/mol. The number of aromatic nitrogens is 1. The Balaban J connectivity index is 2.18. The summed E-state index contributed by atoms with van der Waals surface area (Å²) < 4.78 is 4.92. The monoisotopic (exact) mass is 358 g/mol. The van der Waals surface area contributed by atoms with E-state index >= 15 is 0 Å². The van der Waals surface area contributed by atoms with E-state index in [0.717, 1.165) is 5.56 Å². The van der Waals surface area contributed by atoms with Gasteiger partial charge in [-0.05, 0) is 31.2 Å². The van der Waals surface area contributed by atoms with E-state index in [1.165, 1.54) is 11.1 Å². The molecule has 2 N–H and O–H groups in total. The maximum absolute atomic E-state index is 12.4. The largest absolute Gasteiger partial charge is 0.462 e. The molecule has 0 unspecified atom stereocenters. The number of aliphatic hydroxyl groups excluding tert-OH is 2. The lowest BCUT2D eigenvalue weighted by atomic mass is 10.1. The van der Waals surface area contributed by atoms with Crippen molar-refractivity contribution in [2.45, 2.75) is 13.0 Å². The maximum atomic E-state index is 12.4.